The largest absolute Gasteiger partial charge is 0.481 e. The van der Waals surface area contributed by atoms with Gasteiger partial charge in [-0.25, -0.2) is 0 Å². The minimum Gasteiger partial charge on any atom is -0.481 e. The number of fused-ring (bicyclic) bond motifs is 1. The molecule has 0 bridgehead atoms. The second-order valence-corrected chi connectivity index (χ2v) is 6.66. The first kappa shape index (κ1) is 15.6. The lowest BCUT2D eigenvalue weighted by atomic mass is 9.88. The van der Waals surface area contributed by atoms with Gasteiger partial charge in [-0.05, 0) is 13.0 Å². The van der Waals surface area contributed by atoms with E-state index in [1.165, 1.54) is 11.8 Å². The van der Waals surface area contributed by atoms with Crippen molar-refractivity contribution >= 4 is 23.6 Å². The number of nitrogens with zero attached hydrogens (tertiary/aromatic N) is 1. The Morgan fingerprint density at radius 2 is 2.30 bits per heavy atom. The van der Waals surface area contributed by atoms with Gasteiger partial charge in [-0.2, -0.15) is 0 Å². The summed E-state index contributed by atoms with van der Waals surface area (Å²) in [6.45, 7) is 2.63. The van der Waals surface area contributed by atoms with Crippen molar-refractivity contribution in [1.29, 1.82) is 0 Å². The average Bonchev–Trinajstić information content (AvgIpc) is 2.46. The van der Waals surface area contributed by atoms with Crippen molar-refractivity contribution in [2.24, 2.45) is 5.41 Å². The van der Waals surface area contributed by atoms with Gasteiger partial charge in [-0.3, -0.25) is 9.59 Å². The number of carboxylic acid groups (broad SMARTS) is 1. The number of unbranched alkanes of at least 4 members (excludes halogenated alkanes) is 2. The number of aliphatic hydroxyl groups excluding tert-OH is 1. The van der Waals surface area contributed by atoms with Crippen molar-refractivity contribution in [2.75, 3.05) is 25.4 Å². The van der Waals surface area contributed by atoms with E-state index in [0.29, 0.717) is 5.75 Å². The lowest BCUT2D eigenvalue weighted by molar-refractivity contribution is -0.159. The summed E-state index contributed by atoms with van der Waals surface area (Å²) >= 11 is 1.45. The van der Waals surface area contributed by atoms with E-state index in [4.69, 9.17) is 0 Å². The van der Waals surface area contributed by atoms with Gasteiger partial charge in [0.25, 0.3) is 0 Å². The highest BCUT2D eigenvalue weighted by atomic mass is 32.2. The fourth-order valence-corrected chi connectivity index (χ4v) is 4.17. The molecule has 0 aromatic carbocycles. The van der Waals surface area contributed by atoms with E-state index in [1.54, 1.807) is 4.90 Å². The lowest BCUT2D eigenvalue weighted by Crippen LogP contribution is -2.73. The van der Waals surface area contributed by atoms with Gasteiger partial charge in [-0.15, -0.1) is 11.8 Å². The van der Waals surface area contributed by atoms with Crippen LogP contribution in [0.15, 0.2) is 0 Å². The van der Waals surface area contributed by atoms with Gasteiger partial charge in [0.15, 0.2) is 0 Å². The molecule has 0 radical (unpaired) electrons. The molecule has 2 aliphatic heterocycles. The highest BCUT2D eigenvalue weighted by Crippen LogP contribution is 2.41. The molecule has 2 aliphatic rings. The number of carbonyl (C=O) groups excluding carboxylic acids is 1. The predicted octanol–water partition coefficient (Wildman–Crippen LogP) is 0.113. The van der Waals surface area contributed by atoms with Gasteiger partial charge in [-0.1, -0.05) is 19.8 Å². The number of β-lactam (4-membered cyclic amide) rings is 1. The molecule has 0 aliphatic carbocycles. The summed E-state index contributed by atoms with van der Waals surface area (Å²) in [5, 5.41) is 21.9. The number of thioether (sulfide) groups is 1. The molecule has 2 fully saturated rings. The number of amides is 1. The first-order valence-electron chi connectivity index (χ1n) is 7.05. The van der Waals surface area contributed by atoms with E-state index in [1.807, 2.05) is 0 Å². The Kier molecular flexibility index (Phi) is 4.93. The molecule has 0 saturated carbocycles. The van der Waals surface area contributed by atoms with Crippen LogP contribution in [0.3, 0.4) is 0 Å². The van der Waals surface area contributed by atoms with Gasteiger partial charge in [0.05, 0.1) is 6.61 Å². The fraction of sp³-hybridized carbons (Fsp3) is 0.846. The summed E-state index contributed by atoms with van der Waals surface area (Å²) in [6, 6.07) is -0.192. The molecule has 7 heteroatoms. The Hall–Kier alpha value is -0.790. The molecule has 1 amide bonds. The molecule has 6 nitrogen and oxygen atoms in total. The van der Waals surface area contributed by atoms with E-state index in [2.05, 4.69) is 12.2 Å². The summed E-state index contributed by atoms with van der Waals surface area (Å²) in [5.41, 5.74) is -1.20. The van der Waals surface area contributed by atoms with Crippen molar-refractivity contribution in [3.8, 4) is 0 Å². The third-order valence-corrected chi connectivity index (χ3v) is 5.63. The molecule has 0 aromatic rings. The van der Waals surface area contributed by atoms with Crippen LogP contribution in [0.2, 0.25) is 0 Å². The number of hydrogen-bond donors (Lipinski definition) is 3. The summed E-state index contributed by atoms with van der Waals surface area (Å²) < 4.78 is 0. The zero-order valence-corrected chi connectivity index (χ0v) is 12.5. The molecule has 3 atom stereocenters. The van der Waals surface area contributed by atoms with Crippen LogP contribution in [0.5, 0.6) is 0 Å². The Balaban J connectivity index is 1.89. The number of carboxylic acids is 1. The quantitative estimate of drug-likeness (QED) is 0.457. The second kappa shape index (κ2) is 6.32. The van der Waals surface area contributed by atoms with Gasteiger partial charge in [0, 0.05) is 12.3 Å². The van der Waals surface area contributed by atoms with Crippen LogP contribution in [-0.4, -0.2) is 63.9 Å². The zero-order chi connectivity index (χ0) is 14.8. The summed E-state index contributed by atoms with van der Waals surface area (Å²) in [5.74, 6) is -0.726. The second-order valence-electron chi connectivity index (χ2n) is 5.55. The van der Waals surface area contributed by atoms with E-state index >= 15 is 0 Å². The lowest BCUT2D eigenvalue weighted by Gasteiger charge is -2.53. The number of carbonyl (C=O) groups is 2. The van der Waals surface area contributed by atoms with Crippen molar-refractivity contribution in [3.63, 3.8) is 0 Å². The van der Waals surface area contributed by atoms with Crippen molar-refractivity contribution in [3.05, 3.63) is 0 Å². The maximum Gasteiger partial charge on any atom is 0.314 e. The molecule has 2 unspecified atom stereocenters. The molecular weight excluding hydrogens is 280 g/mol. The SMILES string of the molecule is CCCCCNC1C(=O)N2CC(CO)(C(=O)O)CS[C@H]12. The van der Waals surface area contributed by atoms with Crippen LogP contribution in [0, 0.1) is 5.41 Å². The number of nitrogens with one attached hydrogen (secondary N) is 1. The monoisotopic (exact) mass is 302 g/mol. The van der Waals surface area contributed by atoms with E-state index in [0.717, 1.165) is 25.8 Å². The van der Waals surface area contributed by atoms with E-state index in [-0.39, 0.29) is 23.9 Å². The van der Waals surface area contributed by atoms with Crippen LogP contribution in [-0.2, 0) is 9.59 Å². The van der Waals surface area contributed by atoms with Crippen LogP contribution in [0.4, 0.5) is 0 Å². The standard InChI is InChI=1S/C13H22N2O4S/c1-2-3-4-5-14-9-10(17)15-6-13(7-16,12(18)19)8-20-11(9)15/h9,11,14,16H,2-8H2,1H3,(H,18,19)/t9?,11-,13?/m1/s1. The smallest absolute Gasteiger partial charge is 0.314 e. The van der Waals surface area contributed by atoms with Crippen molar-refractivity contribution < 1.29 is 19.8 Å². The first-order chi connectivity index (χ1) is 9.55. The Labute approximate surface area is 122 Å². The van der Waals surface area contributed by atoms with Crippen LogP contribution < -0.4 is 5.32 Å². The average molecular weight is 302 g/mol. The van der Waals surface area contributed by atoms with Gasteiger partial charge >= 0.3 is 5.97 Å². The molecule has 2 heterocycles. The molecule has 2 saturated heterocycles. The third kappa shape index (κ3) is 2.66. The first-order valence-corrected chi connectivity index (χ1v) is 8.10. The summed E-state index contributed by atoms with van der Waals surface area (Å²) in [4.78, 5) is 24.9. The summed E-state index contributed by atoms with van der Waals surface area (Å²) in [7, 11) is 0. The van der Waals surface area contributed by atoms with E-state index < -0.39 is 18.0 Å². The topological polar surface area (TPSA) is 89.9 Å². The molecular formula is C13H22N2O4S. The molecule has 2 rings (SSSR count). The molecule has 20 heavy (non-hydrogen) atoms. The maximum atomic E-state index is 12.1. The molecule has 3 N–H and O–H groups in total. The van der Waals surface area contributed by atoms with Gasteiger partial charge < -0.3 is 20.4 Å². The third-order valence-electron chi connectivity index (χ3n) is 4.05. The Bertz CT molecular complexity index is 393. The number of aliphatic carboxylic acids is 1. The number of rotatable bonds is 7. The van der Waals surface area contributed by atoms with Gasteiger partial charge in [0.1, 0.15) is 16.8 Å². The molecule has 0 spiro atoms. The number of hydrogen-bond acceptors (Lipinski definition) is 5. The summed E-state index contributed by atoms with van der Waals surface area (Å²) in [6.07, 6.45) is 3.33. The van der Waals surface area contributed by atoms with Crippen LogP contribution >= 0.6 is 11.8 Å². The normalized spacial score (nSPS) is 32.7. The molecule has 0 aromatic heterocycles. The van der Waals surface area contributed by atoms with Crippen LogP contribution in [0.1, 0.15) is 26.2 Å². The van der Waals surface area contributed by atoms with Crippen molar-refractivity contribution in [2.45, 2.75) is 37.6 Å². The van der Waals surface area contributed by atoms with Crippen molar-refractivity contribution in [1.82, 2.24) is 10.2 Å². The minimum absolute atomic E-state index is 0.0168. The minimum atomic E-state index is -1.20. The Morgan fingerprint density at radius 1 is 1.55 bits per heavy atom. The highest BCUT2D eigenvalue weighted by Gasteiger charge is 2.56. The predicted molar refractivity (Wildman–Crippen MR) is 76.4 cm³/mol. The maximum absolute atomic E-state index is 12.1. The Morgan fingerprint density at radius 3 is 2.90 bits per heavy atom. The van der Waals surface area contributed by atoms with Crippen LogP contribution in [0.25, 0.3) is 0 Å². The highest BCUT2D eigenvalue weighted by molar-refractivity contribution is 8.00. The molecule has 114 valence electrons. The fourth-order valence-electron chi connectivity index (χ4n) is 2.61. The number of aliphatic hydroxyl groups is 1. The van der Waals surface area contributed by atoms with E-state index in [9.17, 15) is 19.8 Å². The zero-order valence-electron chi connectivity index (χ0n) is 11.7. The van der Waals surface area contributed by atoms with Gasteiger partial charge in [0.2, 0.25) is 5.91 Å².